The Morgan fingerprint density at radius 1 is 1.26 bits per heavy atom. The highest BCUT2D eigenvalue weighted by Gasteiger charge is 2.32. The summed E-state index contributed by atoms with van der Waals surface area (Å²) in [4.78, 5) is 3.77. The first-order valence-electron chi connectivity index (χ1n) is 4.77. The van der Waals surface area contributed by atoms with Gasteiger partial charge in [0, 0.05) is 5.56 Å². The lowest BCUT2D eigenvalue weighted by molar-refractivity contribution is -0.274. The van der Waals surface area contributed by atoms with E-state index in [4.69, 9.17) is 40.5 Å². The van der Waals surface area contributed by atoms with Crippen LogP contribution in [0, 0.1) is 6.92 Å². The van der Waals surface area contributed by atoms with Crippen LogP contribution in [0.4, 0.5) is 18.9 Å². The summed E-state index contributed by atoms with van der Waals surface area (Å²) >= 11 is 16.5. The molecule has 0 heterocycles. The molecule has 0 unspecified atom stereocenters. The van der Waals surface area contributed by atoms with Gasteiger partial charge in [-0.1, -0.05) is 40.9 Å². The number of aliphatic imine (C=N–C) groups is 1. The van der Waals surface area contributed by atoms with Crippen molar-refractivity contribution in [3.05, 3.63) is 23.8 Å². The summed E-state index contributed by atoms with van der Waals surface area (Å²) in [6, 6.07) is 3.88. The van der Waals surface area contributed by atoms with E-state index in [0.717, 1.165) is 6.07 Å². The van der Waals surface area contributed by atoms with Crippen molar-refractivity contribution < 1.29 is 17.9 Å². The summed E-state index contributed by atoms with van der Waals surface area (Å²) in [6.07, 6.45) is -4.80. The molecule has 0 aromatic heterocycles. The van der Waals surface area contributed by atoms with Crippen molar-refractivity contribution in [2.45, 2.75) is 17.1 Å². The third-order valence-corrected chi connectivity index (χ3v) is 2.59. The highest BCUT2D eigenvalue weighted by molar-refractivity contribution is 6.76. The van der Waals surface area contributed by atoms with E-state index in [9.17, 15) is 13.2 Å². The minimum Gasteiger partial charge on any atom is -0.405 e. The number of nitrogens with two attached hydrogens (primary N) is 1. The molecule has 2 N–H and O–H groups in total. The first-order chi connectivity index (χ1) is 8.50. The van der Waals surface area contributed by atoms with Crippen LogP contribution in [0.3, 0.4) is 0 Å². The summed E-state index contributed by atoms with van der Waals surface area (Å²) in [5.41, 5.74) is 5.66. The average Bonchev–Trinajstić information content (AvgIpc) is 2.20. The molecule has 0 fully saturated rings. The normalized spacial score (nSPS) is 13.5. The maximum Gasteiger partial charge on any atom is 0.573 e. The molecule has 1 rings (SSSR count). The fourth-order valence-corrected chi connectivity index (χ4v) is 1.28. The third kappa shape index (κ3) is 4.97. The number of nitrogens with zero attached hydrogens (tertiary/aromatic N) is 1. The number of halogens is 6. The second-order valence-electron chi connectivity index (χ2n) is 3.44. The summed E-state index contributed by atoms with van der Waals surface area (Å²) < 4.78 is 38.4. The molecule has 1 aromatic carbocycles. The Balaban J connectivity index is 3.15. The van der Waals surface area contributed by atoms with Crippen LogP contribution in [0.25, 0.3) is 0 Å². The summed E-state index contributed by atoms with van der Waals surface area (Å²) in [5, 5.41) is 0. The zero-order valence-corrected chi connectivity index (χ0v) is 11.7. The standard InChI is InChI=1S/C10H8Cl3F3N2O/c1-5-6(18-8(17)9(11,12)13)3-2-4-7(5)19-10(14,15)16/h2-4H,1H3,(H2,17,18). The number of hydrogen-bond acceptors (Lipinski definition) is 2. The van der Waals surface area contributed by atoms with Crippen molar-refractivity contribution in [3.63, 3.8) is 0 Å². The number of alkyl halides is 6. The van der Waals surface area contributed by atoms with E-state index < -0.39 is 15.9 Å². The molecule has 0 radical (unpaired) electrons. The molecule has 0 aliphatic heterocycles. The van der Waals surface area contributed by atoms with Crippen LogP contribution < -0.4 is 10.5 Å². The van der Waals surface area contributed by atoms with Crippen molar-refractivity contribution >= 4 is 46.3 Å². The molecule has 0 bridgehead atoms. The molecule has 9 heteroatoms. The van der Waals surface area contributed by atoms with Crippen LogP contribution in [0.5, 0.6) is 5.75 Å². The van der Waals surface area contributed by atoms with Crippen molar-refractivity contribution in [2.24, 2.45) is 10.7 Å². The van der Waals surface area contributed by atoms with Crippen molar-refractivity contribution in [1.82, 2.24) is 0 Å². The lowest BCUT2D eigenvalue weighted by Gasteiger charge is -2.14. The zero-order valence-electron chi connectivity index (χ0n) is 9.43. The van der Waals surface area contributed by atoms with Gasteiger partial charge in [0.05, 0.1) is 5.69 Å². The molecule has 1 aromatic rings. The molecule has 19 heavy (non-hydrogen) atoms. The smallest absolute Gasteiger partial charge is 0.405 e. The Morgan fingerprint density at radius 3 is 2.32 bits per heavy atom. The van der Waals surface area contributed by atoms with Gasteiger partial charge in [-0.2, -0.15) is 0 Å². The Bertz CT molecular complexity index is 498. The van der Waals surface area contributed by atoms with E-state index in [-0.39, 0.29) is 17.1 Å². The van der Waals surface area contributed by atoms with E-state index in [0.29, 0.717) is 0 Å². The molecule has 0 amide bonds. The topological polar surface area (TPSA) is 47.6 Å². The molecule has 0 saturated carbocycles. The molecule has 106 valence electrons. The number of rotatable bonds is 2. The summed E-state index contributed by atoms with van der Waals surface area (Å²) in [5.74, 6) is -0.754. The van der Waals surface area contributed by atoms with Gasteiger partial charge in [0.2, 0.25) is 3.79 Å². The summed E-state index contributed by atoms with van der Waals surface area (Å²) in [7, 11) is 0. The van der Waals surface area contributed by atoms with Gasteiger partial charge < -0.3 is 10.5 Å². The lowest BCUT2D eigenvalue weighted by Crippen LogP contribution is -2.27. The van der Waals surface area contributed by atoms with E-state index in [1.54, 1.807) is 0 Å². The van der Waals surface area contributed by atoms with Crippen LogP contribution in [-0.2, 0) is 0 Å². The van der Waals surface area contributed by atoms with Gasteiger partial charge in [-0.25, -0.2) is 4.99 Å². The van der Waals surface area contributed by atoms with E-state index in [1.807, 2.05) is 0 Å². The summed E-state index contributed by atoms with van der Waals surface area (Å²) in [6.45, 7) is 1.38. The molecule has 0 aliphatic carbocycles. The number of ether oxygens (including phenoxy) is 1. The Hall–Kier alpha value is -0.850. The van der Waals surface area contributed by atoms with E-state index in [1.165, 1.54) is 19.1 Å². The SMILES string of the molecule is Cc1c(/N=C(\N)C(Cl)(Cl)Cl)cccc1OC(F)(F)F. The van der Waals surface area contributed by atoms with Gasteiger partial charge in [-0.15, -0.1) is 13.2 Å². The molecular weight excluding hydrogens is 327 g/mol. The van der Waals surface area contributed by atoms with Gasteiger partial charge >= 0.3 is 6.36 Å². The monoisotopic (exact) mass is 334 g/mol. The maximum atomic E-state index is 12.2. The van der Waals surface area contributed by atoms with Crippen LogP contribution in [0.1, 0.15) is 5.56 Å². The minimum absolute atomic E-state index is 0.116. The number of hydrogen-bond donors (Lipinski definition) is 1. The first-order valence-corrected chi connectivity index (χ1v) is 5.91. The van der Waals surface area contributed by atoms with Crippen LogP contribution >= 0.6 is 34.8 Å². The van der Waals surface area contributed by atoms with Crippen molar-refractivity contribution in [2.75, 3.05) is 0 Å². The van der Waals surface area contributed by atoms with Gasteiger partial charge in [0.1, 0.15) is 5.75 Å². The molecular formula is C10H8Cl3F3N2O. The van der Waals surface area contributed by atoms with Crippen molar-refractivity contribution in [3.8, 4) is 5.75 Å². The van der Waals surface area contributed by atoms with E-state index in [2.05, 4.69) is 9.73 Å². The Morgan fingerprint density at radius 2 is 1.84 bits per heavy atom. The number of amidine groups is 1. The number of benzene rings is 1. The second-order valence-corrected chi connectivity index (χ2v) is 5.72. The predicted octanol–water partition coefficient (Wildman–Crippen LogP) is 4.25. The molecule has 0 aliphatic rings. The largest absolute Gasteiger partial charge is 0.573 e. The third-order valence-electron chi connectivity index (χ3n) is 2.01. The zero-order chi connectivity index (χ0) is 14.8. The first kappa shape index (κ1) is 16.2. The van der Waals surface area contributed by atoms with E-state index >= 15 is 0 Å². The fraction of sp³-hybridized carbons (Fsp3) is 0.300. The average molecular weight is 336 g/mol. The molecule has 3 nitrogen and oxygen atoms in total. The maximum absolute atomic E-state index is 12.2. The van der Waals surface area contributed by atoms with Crippen molar-refractivity contribution in [1.29, 1.82) is 0 Å². The Kier molecular flexibility index (Phi) is 4.81. The van der Waals surface area contributed by atoms with Gasteiger partial charge in [-0.05, 0) is 19.1 Å². The van der Waals surface area contributed by atoms with Gasteiger partial charge in [0.25, 0.3) is 0 Å². The quantitative estimate of drug-likeness (QED) is 0.499. The highest BCUT2D eigenvalue weighted by atomic mass is 35.6. The predicted molar refractivity (Wildman–Crippen MR) is 69.4 cm³/mol. The molecule has 0 atom stereocenters. The van der Waals surface area contributed by atoms with Crippen LogP contribution in [0.2, 0.25) is 0 Å². The fourth-order valence-electron chi connectivity index (χ4n) is 1.15. The highest BCUT2D eigenvalue weighted by Crippen LogP contribution is 2.33. The molecule has 0 spiro atoms. The Labute approximate surface area is 122 Å². The lowest BCUT2D eigenvalue weighted by atomic mass is 10.2. The minimum atomic E-state index is -4.80. The second kappa shape index (κ2) is 5.64. The molecule has 0 saturated heterocycles. The van der Waals surface area contributed by atoms with Gasteiger partial charge in [-0.3, -0.25) is 0 Å². The van der Waals surface area contributed by atoms with Crippen LogP contribution in [-0.4, -0.2) is 16.0 Å². The van der Waals surface area contributed by atoms with Crippen LogP contribution in [0.15, 0.2) is 23.2 Å². The van der Waals surface area contributed by atoms with Gasteiger partial charge in [0.15, 0.2) is 5.84 Å².